The van der Waals surface area contributed by atoms with Crippen LogP contribution in [0.5, 0.6) is 0 Å². The van der Waals surface area contributed by atoms with Crippen molar-refractivity contribution in [3.05, 3.63) is 40.4 Å². The van der Waals surface area contributed by atoms with Crippen LogP contribution >= 0.6 is 0 Å². The van der Waals surface area contributed by atoms with E-state index in [2.05, 4.69) is 20.4 Å². The smallest absolute Gasteiger partial charge is 0.268 e. The average molecular weight is 270 g/mol. The highest BCUT2D eigenvalue weighted by Gasteiger charge is 2.13. The summed E-state index contributed by atoms with van der Waals surface area (Å²) in [7, 11) is 0. The predicted molar refractivity (Wildman–Crippen MR) is 73.3 cm³/mol. The van der Waals surface area contributed by atoms with E-state index in [9.17, 15) is 4.79 Å². The van der Waals surface area contributed by atoms with Crippen molar-refractivity contribution in [2.24, 2.45) is 0 Å². The highest BCUT2D eigenvalue weighted by Crippen LogP contribution is 2.10. The van der Waals surface area contributed by atoms with E-state index in [0.717, 1.165) is 12.0 Å². The summed E-state index contributed by atoms with van der Waals surface area (Å²) in [6.07, 6.45) is 4.11. The third-order valence-corrected chi connectivity index (χ3v) is 3.04. The molecular weight excluding hydrogens is 256 g/mol. The number of nitrogens with zero attached hydrogens (tertiary/aromatic N) is 6. The summed E-state index contributed by atoms with van der Waals surface area (Å²) in [5, 5.41) is 12.0. The van der Waals surface area contributed by atoms with Crippen LogP contribution in [0.4, 0.5) is 0 Å². The van der Waals surface area contributed by atoms with Crippen molar-refractivity contribution in [3.8, 4) is 11.4 Å². The lowest BCUT2D eigenvalue weighted by Crippen LogP contribution is -2.17. The number of aryl methyl sites for hydroxylation is 2. The molecule has 0 fully saturated rings. The summed E-state index contributed by atoms with van der Waals surface area (Å²) >= 11 is 0. The summed E-state index contributed by atoms with van der Waals surface area (Å²) in [4.78, 5) is 18.3. The number of pyridine rings is 1. The Morgan fingerprint density at radius 1 is 1.35 bits per heavy atom. The van der Waals surface area contributed by atoms with Gasteiger partial charge in [0.05, 0.1) is 6.54 Å². The van der Waals surface area contributed by atoms with Crippen molar-refractivity contribution in [1.29, 1.82) is 0 Å². The van der Waals surface area contributed by atoms with Crippen molar-refractivity contribution >= 4 is 5.65 Å². The number of aromatic nitrogens is 6. The van der Waals surface area contributed by atoms with Gasteiger partial charge in [0.25, 0.3) is 5.56 Å². The van der Waals surface area contributed by atoms with Crippen LogP contribution < -0.4 is 5.56 Å². The van der Waals surface area contributed by atoms with Gasteiger partial charge < -0.3 is 0 Å². The Labute approximate surface area is 114 Å². The molecule has 20 heavy (non-hydrogen) atoms. The van der Waals surface area contributed by atoms with Crippen LogP contribution in [-0.2, 0) is 6.54 Å². The van der Waals surface area contributed by atoms with Gasteiger partial charge >= 0.3 is 0 Å². The largest absolute Gasteiger partial charge is 0.269 e. The first kappa shape index (κ1) is 12.5. The molecule has 7 nitrogen and oxygen atoms in total. The topological polar surface area (TPSA) is 78.0 Å². The van der Waals surface area contributed by atoms with Crippen LogP contribution in [0.1, 0.15) is 18.9 Å². The average Bonchev–Trinajstić information content (AvgIpc) is 2.89. The monoisotopic (exact) mass is 270 g/mol. The summed E-state index contributed by atoms with van der Waals surface area (Å²) < 4.78 is 1.51. The standard InChI is InChI=1S/C13H14N6O/c1-3-6-19-16-11(15-17-19)10-8-14-12-9(2)5-4-7-18(12)13(10)20/h4-5,7-8H,3,6H2,1-2H3. The first-order valence-electron chi connectivity index (χ1n) is 6.46. The molecule has 3 heterocycles. The second-order valence-electron chi connectivity index (χ2n) is 4.57. The van der Waals surface area contributed by atoms with Gasteiger partial charge in [-0.1, -0.05) is 13.0 Å². The zero-order valence-electron chi connectivity index (χ0n) is 11.3. The molecule has 0 amide bonds. The maximum atomic E-state index is 12.5. The molecule has 102 valence electrons. The predicted octanol–water partition coefficient (Wildman–Crippen LogP) is 1.07. The third kappa shape index (κ3) is 1.97. The minimum absolute atomic E-state index is 0.185. The molecule has 0 aliphatic heterocycles. The fraction of sp³-hybridized carbons (Fsp3) is 0.308. The van der Waals surface area contributed by atoms with Gasteiger partial charge in [0.2, 0.25) is 5.82 Å². The van der Waals surface area contributed by atoms with Crippen LogP contribution in [0, 0.1) is 6.92 Å². The minimum Gasteiger partial charge on any atom is -0.268 e. The first-order chi connectivity index (χ1) is 9.70. The molecular formula is C13H14N6O. The maximum Gasteiger partial charge on any atom is 0.269 e. The van der Waals surface area contributed by atoms with Gasteiger partial charge in [0, 0.05) is 12.4 Å². The van der Waals surface area contributed by atoms with Gasteiger partial charge in [-0.25, -0.2) is 4.98 Å². The first-order valence-corrected chi connectivity index (χ1v) is 6.46. The molecule has 0 saturated heterocycles. The summed E-state index contributed by atoms with van der Waals surface area (Å²) in [5.74, 6) is 0.312. The Morgan fingerprint density at radius 2 is 2.20 bits per heavy atom. The van der Waals surface area contributed by atoms with E-state index in [4.69, 9.17) is 0 Å². The molecule has 0 N–H and O–H groups in total. The van der Waals surface area contributed by atoms with E-state index in [1.165, 1.54) is 15.4 Å². The van der Waals surface area contributed by atoms with E-state index in [0.29, 0.717) is 23.6 Å². The van der Waals surface area contributed by atoms with Crippen molar-refractivity contribution in [2.75, 3.05) is 0 Å². The minimum atomic E-state index is -0.185. The Bertz CT molecular complexity index is 819. The number of hydrogen-bond acceptors (Lipinski definition) is 5. The van der Waals surface area contributed by atoms with E-state index in [1.54, 1.807) is 6.20 Å². The molecule has 7 heteroatoms. The van der Waals surface area contributed by atoms with Crippen molar-refractivity contribution in [1.82, 2.24) is 29.6 Å². The van der Waals surface area contributed by atoms with Gasteiger partial charge in [-0.2, -0.15) is 4.80 Å². The lowest BCUT2D eigenvalue weighted by atomic mass is 10.2. The van der Waals surface area contributed by atoms with E-state index >= 15 is 0 Å². The lowest BCUT2D eigenvalue weighted by Gasteiger charge is -2.03. The Kier molecular flexibility index (Phi) is 3.02. The highest BCUT2D eigenvalue weighted by molar-refractivity contribution is 5.56. The number of tetrazole rings is 1. The maximum absolute atomic E-state index is 12.5. The van der Waals surface area contributed by atoms with Crippen molar-refractivity contribution in [2.45, 2.75) is 26.8 Å². The van der Waals surface area contributed by atoms with Crippen LogP contribution in [0.25, 0.3) is 17.0 Å². The Hall–Kier alpha value is -2.57. The molecule has 3 aromatic rings. The van der Waals surface area contributed by atoms with Crippen LogP contribution in [0.2, 0.25) is 0 Å². The molecule has 0 radical (unpaired) electrons. The van der Waals surface area contributed by atoms with Crippen molar-refractivity contribution < 1.29 is 0 Å². The third-order valence-electron chi connectivity index (χ3n) is 3.04. The van der Waals surface area contributed by atoms with Gasteiger partial charge in [-0.15, -0.1) is 10.2 Å². The molecule has 0 saturated carbocycles. The fourth-order valence-electron chi connectivity index (χ4n) is 2.05. The van der Waals surface area contributed by atoms with Crippen LogP contribution in [0.3, 0.4) is 0 Å². The van der Waals surface area contributed by atoms with Crippen LogP contribution in [0.15, 0.2) is 29.3 Å². The highest BCUT2D eigenvalue weighted by atomic mass is 16.1. The molecule has 0 atom stereocenters. The molecule has 0 spiro atoms. The number of rotatable bonds is 3. The van der Waals surface area contributed by atoms with E-state index in [-0.39, 0.29) is 5.56 Å². The summed E-state index contributed by atoms with van der Waals surface area (Å²) in [6, 6.07) is 3.73. The van der Waals surface area contributed by atoms with Crippen molar-refractivity contribution in [3.63, 3.8) is 0 Å². The van der Waals surface area contributed by atoms with Gasteiger partial charge in [-0.3, -0.25) is 9.20 Å². The molecule has 0 aromatic carbocycles. The molecule has 0 unspecified atom stereocenters. The molecule has 3 rings (SSSR count). The summed E-state index contributed by atoms with van der Waals surface area (Å²) in [6.45, 7) is 4.62. The van der Waals surface area contributed by atoms with Gasteiger partial charge in [0.1, 0.15) is 11.2 Å². The van der Waals surface area contributed by atoms with Crippen LogP contribution in [-0.4, -0.2) is 29.6 Å². The zero-order chi connectivity index (χ0) is 14.1. The normalized spacial score (nSPS) is 11.1. The molecule has 3 aromatic heterocycles. The molecule has 0 bridgehead atoms. The lowest BCUT2D eigenvalue weighted by molar-refractivity contribution is 0.515. The SMILES string of the molecule is CCCn1nnc(-c2cnc3c(C)cccn3c2=O)n1. The summed E-state index contributed by atoms with van der Waals surface area (Å²) in [5.41, 5.74) is 1.76. The fourth-order valence-corrected chi connectivity index (χ4v) is 2.05. The Balaban J connectivity index is 2.17. The number of hydrogen-bond donors (Lipinski definition) is 0. The van der Waals surface area contributed by atoms with Gasteiger partial charge in [0.15, 0.2) is 0 Å². The Morgan fingerprint density at radius 3 is 3.00 bits per heavy atom. The second kappa shape index (κ2) is 4.84. The second-order valence-corrected chi connectivity index (χ2v) is 4.57. The van der Waals surface area contributed by atoms with E-state index in [1.807, 2.05) is 26.0 Å². The number of fused-ring (bicyclic) bond motifs is 1. The zero-order valence-corrected chi connectivity index (χ0v) is 11.3. The van der Waals surface area contributed by atoms with Gasteiger partial charge in [-0.05, 0) is 30.2 Å². The molecule has 0 aliphatic rings. The van der Waals surface area contributed by atoms with E-state index < -0.39 is 0 Å². The molecule has 0 aliphatic carbocycles. The quantitative estimate of drug-likeness (QED) is 0.711.